The molecule has 2 aliphatic heterocycles. The number of amides is 3. The highest BCUT2D eigenvalue weighted by Gasteiger charge is 2.56. The summed E-state index contributed by atoms with van der Waals surface area (Å²) in [6.45, 7) is -0.246. The molecule has 2 unspecified atom stereocenters. The van der Waals surface area contributed by atoms with Gasteiger partial charge in [-0.15, -0.1) is 0 Å². The van der Waals surface area contributed by atoms with Crippen molar-refractivity contribution in [3.05, 3.63) is 98.2 Å². The number of methoxy groups -OCH3 is 1. The highest BCUT2D eigenvalue weighted by atomic mass is 35.5. The Hall–Kier alpha value is -3.93. The third kappa shape index (κ3) is 4.59. The molecule has 2 aromatic heterocycles. The number of anilines is 2. The van der Waals surface area contributed by atoms with E-state index in [0.29, 0.717) is 37.6 Å². The van der Waals surface area contributed by atoms with Gasteiger partial charge in [0.15, 0.2) is 0 Å². The molecule has 2 aromatic carbocycles. The number of carbonyl (C=O) groups is 3. The minimum Gasteiger partial charge on any atom is -0.497 e. The second kappa shape index (κ2) is 10.6. The van der Waals surface area contributed by atoms with Crippen LogP contribution in [0.5, 0.6) is 5.75 Å². The summed E-state index contributed by atoms with van der Waals surface area (Å²) in [6, 6.07) is 17.0. The summed E-state index contributed by atoms with van der Waals surface area (Å²) in [7, 11) is 1.55. The number of hydrogen-bond donors (Lipinski definition) is 1. The lowest BCUT2D eigenvalue weighted by molar-refractivity contribution is -0.122. The lowest BCUT2D eigenvalue weighted by Gasteiger charge is -2.30. The molecular formula is C28H21ClN4O5S2. The topological polar surface area (TPSA) is 111 Å². The molecule has 0 aliphatic carbocycles. The number of aromatic nitrogens is 2. The van der Waals surface area contributed by atoms with Crippen molar-refractivity contribution in [1.82, 2.24) is 9.55 Å². The quantitative estimate of drug-likeness (QED) is 0.330. The number of nitrogens with zero attached hydrogens (tertiary/aromatic N) is 3. The molecule has 1 N–H and O–H groups in total. The highest BCUT2D eigenvalue weighted by Crippen LogP contribution is 2.53. The van der Waals surface area contributed by atoms with Crippen molar-refractivity contribution in [1.29, 1.82) is 0 Å². The van der Waals surface area contributed by atoms with Crippen molar-refractivity contribution in [2.45, 2.75) is 22.7 Å². The van der Waals surface area contributed by atoms with E-state index in [4.69, 9.17) is 16.3 Å². The van der Waals surface area contributed by atoms with E-state index in [0.717, 1.165) is 23.1 Å². The molecule has 4 aromatic rings. The van der Waals surface area contributed by atoms with E-state index in [9.17, 15) is 19.2 Å². The van der Waals surface area contributed by atoms with Crippen molar-refractivity contribution in [3.8, 4) is 5.75 Å². The molecule has 0 saturated carbocycles. The zero-order valence-electron chi connectivity index (χ0n) is 20.9. The number of thioether (sulfide) groups is 1. The summed E-state index contributed by atoms with van der Waals surface area (Å²) in [5.41, 5.74) is 1.70. The van der Waals surface area contributed by atoms with Gasteiger partial charge in [0.25, 0.3) is 0 Å². The van der Waals surface area contributed by atoms with Gasteiger partial charge in [0.05, 0.1) is 23.7 Å². The third-order valence-corrected chi connectivity index (χ3v) is 9.71. The Bertz CT molecular complexity index is 1670. The van der Waals surface area contributed by atoms with Gasteiger partial charge in [0.1, 0.15) is 17.5 Å². The van der Waals surface area contributed by atoms with E-state index in [1.807, 2.05) is 6.07 Å². The molecule has 40 heavy (non-hydrogen) atoms. The Morgan fingerprint density at radius 2 is 1.80 bits per heavy atom. The van der Waals surface area contributed by atoms with Crippen molar-refractivity contribution in [2.24, 2.45) is 5.92 Å². The Balaban J connectivity index is 1.37. The maximum Gasteiger partial charge on any atom is 0.308 e. The van der Waals surface area contributed by atoms with E-state index in [1.165, 1.54) is 9.47 Å². The van der Waals surface area contributed by atoms with Crippen LogP contribution < -0.4 is 19.8 Å². The van der Waals surface area contributed by atoms with Gasteiger partial charge >= 0.3 is 4.87 Å². The average Bonchev–Trinajstić information content (AvgIpc) is 3.40. The number of ether oxygens (including phenoxy) is 1. The second-order valence-corrected chi connectivity index (χ2v) is 11.8. The van der Waals surface area contributed by atoms with Crippen LogP contribution in [0, 0.1) is 5.92 Å². The van der Waals surface area contributed by atoms with Crippen LogP contribution in [0.25, 0.3) is 0 Å². The number of rotatable bonds is 6. The number of thiazole rings is 1. The summed E-state index contributed by atoms with van der Waals surface area (Å²) < 4.78 is 6.53. The molecule has 2 aliphatic rings. The van der Waals surface area contributed by atoms with Gasteiger partial charge in [-0.1, -0.05) is 40.8 Å². The number of pyridine rings is 1. The molecule has 9 nitrogen and oxygen atoms in total. The molecule has 3 atom stereocenters. The van der Waals surface area contributed by atoms with Crippen LogP contribution in [0.2, 0.25) is 5.02 Å². The Morgan fingerprint density at radius 1 is 1.05 bits per heavy atom. The van der Waals surface area contributed by atoms with E-state index < -0.39 is 23.0 Å². The number of benzene rings is 2. The molecule has 1 fully saturated rings. The van der Waals surface area contributed by atoms with Crippen molar-refractivity contribution in [3.63, 3.8) is 0 Å². The van der Waals surface area contributed by atoms with E-state index in [1.54, 1.807) is 74.1 Å². The minimum absolute atomic E-state index is 0.246. The third-order valence-electron chi connectivity index (χ3n) is 6.85. The van der Waals surface area contributed by atoms with E-state index in [2.05, 4.69) is 10.3 Å². The van der Waals surface area contributed by atoms with Crippen molar-refractivity contribution < 1.29 is 19.1 Å². The molecule has 0 radical (unpaired) electrons. The van der Waals surface area contributed by atoms with Gasteiger partial charge < -0.3 is 10.1 Å². The smallest absolute Gasteiger partial charge is 0.308 e. The van der Waals surface area contributed by atoms with Crippen LogP contribution in [-0.2, 0) is 20.9 Å². The highest BCUT2D eigenvalue weighted by molar-refractivity contribution is 8.00. The molecular weight excluding hydrogens is 572 g/mol. The predicted molar refractivity (Wildman–Crippen MR) is 153 cm³/mol. The predicted octanol–water partition coefficient (Wildman–Crippen LogP) is 4.40. The Morgan fingerprint density at radius 3 is 2.48 bits per heavy atom. The normalized spacial score (nSPS) is 19.8. The SMILES string of the molecule is COc1ccc(NC(=O)Cn2c3c(sc2=O)[C@@H](c2cccnc2)C2C(=O)N(c4ccc(Cl)cc4)C(=O)C2S3)cc1. The first kappa shape index (κ1) is 26.3. The first-order valence-corrected chi connectivity index (χ1v) is 14.3. The molecule has 6 rings (SSSR count). The summed E-state index contributed by atoms with van der Waals surface area (Å²) in [5, 5.41) is 3.00. The number of hydrogen-bond acceptors (Lipinski definition) is 8. The maximum absolute atomic E-state index is 13.8. The fraction of sp³-hybridized carbons (Fsp3) is 0.179. The van der Waals surface area contributed by atoms with Crippen molar-refractivity contribution >= 4 is 63.8 Å². The largest absolute Gasteiger partial charge is 0.497 e. The number of imide groups is 1. The zero-order chi connectivity index (χ0) is 28.0. The van der Waals surface area contributed by atoms with Crippen LogP contribution >= 0.6 is 34.7 Å². The number of carbonyl (C=O) groups excluding carboxylic acids is 3. The lowest BCUT2D eigenvalue weighted by Crippen LogP contribution is -2.33. The average molecular weight is 593 g/mol. The van der Waals surface area contributed by atoms with Crippen LogP contribution in [0.15, 0.2) is 82.9 Å². The molecule has 0 spiro atoms. The van der Waals surface area contributed by atoms with Gasteiger partial charge in [-0.3, -0.25) is 28.7 Å². The van der Waals surface area contributed by atoms with Gasteiger partial charge in [0, 0.05) is 33.9 Å². The fourth-order valence-corrected chi connectivity index (χ4v) is 7.94. The molecule has 0 bridgehead atoms. The maximum atomic E-state index is 13.8. The van der Waals surface area contributed by atoms with Crippen LogP contribution in [-0.4, -0.2) is 39.6 Å². The fourth-order valence-electron chi connectivity index (χ4n) is 5.04. The summed E-state index contributed by atoms with van der Waals surface area (Å²) in [5.74, 6) is -1.80. The monoisotopic (exact) mass is 592 g/mol. The van der Waals surface area contributed by atoms with Gasteiger partial charge in [0.2, 0.25) is 17.7 Å². The van der Waals surface area contributed by atoms with Gasteiger partial charge in [-0.25, -0.2) is 4.90 Å². The molecule has 4 heterocycles. The summed E-state index contributed by atoms with van der Waals surface area (Å²) in [6.07, 6.45) is 3.27. The minimum atomic E-state index is -0.786. The first-order valence-electron chi connectivity index (χ1n) is 12.2. The van der Waals surface area contributed by atoms with Gasteiger partial charge in [-0.05, 0) is 60.2 Å². The second-order valence-electron chi connectivity index (χ2n) is 9.22. The number of nitrogens with one attached hydrogen (secondary N) is 1. The van der Waals surface area contributed by atoms with Crippen LogP contribution in [0.1, 0.15) is 16.4 Å². The Kier molecular flexibility index (Phi) is 6.95. The molecule has 3 amide bonds. The standard InChI is InChI=1S/C28H21ClN4O5S2/c1-38-19-10-6-17(7-11-19)31-20(34)14-32-27-24(40-28(32)37)21(15-3-2-12-30-13-15)22-23(39-27)26(36)33(25(22)35)18-8-4-16(29)5-9-18/h2-13,21-23H,14H2,1H3,(H,31,34)/t21-,22?,23?/m0/s1. The first-order chi connectivity index (χ1) is 19.4. The molecule has 1 saturated heterocycles. The summed E-state index contributed by atoms with van der Waals surface area (Å²) >= 11 is 8.18. The molecule has 202 valence electrons. The number of fused-ring (bicyclic) bond motifs is 2. The van der Waals surface area contributed by atoms with Crippen LogP contribution in [0.4, 0.5) is 11.4 Å². The van der Waals surface area contributed by atoms with E-state index >= 15 is 0 Å². The van der Waals surface area contributed by atoms with Gasteiger partial charge in [-0.2, -0.15) is 0 Å². The Labute approximate surface area is 241 Å². The number of halogens is 1. The molecule has 12 heteroatoms. The summed E-state index contributed by atoms with van der Waals surface area (Å²) in [4.78, 5) is 59.5. The van der Waals surface area contributed by atoms with E-state index in [-0.39, 0.29) is 23.2 Å². The van der Waals surface area contributed by atoms with Crippen LogP contribution in [0.3, 0.4) is 0 Å². The lowest BCUT2D eigenvalue weighted by atomic mass is 9.84. The zero-order valence-corrected chi connectivity index (χ0v) is 23.3. The van der Waals surface area contributed by atoms with Crippen molar-refractivity contribution in [2.75, 3.05) is 17.3 Å².